The maximum absolute atomic E-state index is 9.01. The third-order valence-electron chi connectivity index (χ3n) is 1.85. The lowest BCUT2D eigenvalue weighted by Crippen LogP contribution is -2.35. The molecule has 2 N–H and O–H groups in total. The molecule has 0 fully saturated rings. The largest absolute Gasteiger partial charge is 0.396 e. The van der Waals surface area contributed by atoms with E-state index in [0.717, 1.165) is 13.1 Å². The molecule has 0 saturated carbocycles. The molecule has 0 saturated heterocycles. The van der Waals surface area contributed by atoms with Gasteiger partial charge in [0, 0.05) is 25.1 Å². The van der Waals surface area contributed by atoms with Crippen LogP contribution in [0.4, 0.5) is 0 Å². The molecule has 14 heavy (non-hydrogen) atoms. The van der Waals surface area contributed by atoms with Gasteiger partial charge in [-0.2, -0.15) is 0 Å². The number of nitrogens with one attached hydrogen (secondary N) is 1. The van der Waals surface area contributed by atoms with E-state index in [1.807, 2.05) is 34.6 Å². The maximum atomic E-state index is 9.01. The molecule has 0 aliphatic carbocycles. The highest BCUT2D eigenvalue weighted by atomic mass is 16.5. The molecule has 0 aliphatic rings. The Hall–Kier alpha value is -0.120. The first-order valence-electron chi connectivity index (χ1n) is 5.22. The molecule has 0 aromatic rings. The Morgan fingerprint density at radius 3 is 2.14 bits per heavy atom. The average Bonchev–Trinajstić information content (AvgIpc) is 2.01. The molecule has 0 radical (unpaired) electrons. The maximum Gasteiger partial charge on any atom is 0.0599 e. The van der Waals surface area contributed by atoms with Crippen LogP contribution >= 0.6 is 0 Å². The average molecular weight is 203 g/mol. The lowest BCUT2D eigenvalue weighted by Gasteiger charge is -2.23. The van der Waals surface area contributed by atoms with E-state index in [1.54, 1.807) is 0 Å². The van der Waals surface area contributed by atoms with Crippen molar-refractivity contribution in [2.75, 3.05) is 26.3 Å². The zero-order chi connectivity index (χ0) is 11.2. The summed E-state index contributed by atoms with van der Waals surface area (Å²) in [5.41, 5.74) is -0.101. The van der Waals surface area contributed by atoms with Crippen molar-refractivity contribution in [2.45, 2.75) is 40.2 Å². The molecule has 0 atom stereocenters. The fourth-order valence-corrected chi connectivity index (χ4v) is 0.912. The summed E-state index contributed by atoms with van der Waals surface area (Å²) in [4.78, 5) is 0. The molecule has 0 bridgehead atoms. The second-order valence-electron chi connectivity index (χ2n) is 5.46. The van der Waals surface area contributed by atoms with Crippen LogP contribution in [0, 0.1) is 5.41 Å². The Balaban J connectivity index is 3.39. The highest BCUT2D eigenvalue weighted by Crippen LogP contribution is 2.11. The van der Waals surface area contributed by atoms with Crippen LogP contribution in [0.25, 0.3) is 0 Å². The summed E-state index contributed by atoms with van der Waals surface area (Å²) in [5.74, 6) is 0. The molecule has 0 amide bonds. The van der Waals surface area contributed by atoms with Crippen molar-refractivity contribution < 1.29 is 9.84 Å². The van der Waals surface area contributed by atoms with Gasteiger partial charge < -0.3 is 15.2 Å². The summed E-state index contributed by atoms with van der Waals surface area (Å²) >= 11 is 0. The molecule has 3 heteroatoms. The molecule has 0 aromatic carbocycles. The summed E-state index contributed by atoms with van der Waals surface area (Å²) in [6, 6.07) is 0. The van der Waals surface area contributed by atoms with E-state index in [2.05, 4.69) is 5.32 Å². The van der Waals surface area contributed by atoms with Crippen molar-refractivity contribution in [1.82, 2.24) is 5.32 Å². The summed E-state index contributed by atoms with van der Waals surface area (Å²) in [6.07, 6.45) is 0. The third kappa shape index (κ3) is 8.48. The molecule has 0 rings (SSSR count). The Morgan fingerprint density at radius 2 is 1.71 bits per heavy atom. The van der Waals surface area contributed by atoms with Crippen LogP contribution in [-0.2, 0) is 4.74 Å². The second kappa shape index (κ2) is 5.69. The summed E-state index contributed by atoms with van der Waals surface area (Å²) < 4.78 is 5.55. The van der Waals surface area contributed by atoms with Crippen molar-refractivity contribution in [1.29, 1.82) is 0 Å². The van der Waals surface area contributed by atoms with Gasteiger partial charge in [0.1, 0.15) is 0 Å². The minimum atomic E-state index is -0.0613. The van der Waals surface area contributed by atoms with Crippen LogP contribution in [0.15, 0.2) is 0 Å². The van der Waals surface area contributed by atoms with Gasteiger partial charge in [-0.25, -0.2) is 0 Å². The Labute approximate surface area is 87.8 Å². The number of rotatable bonds is 6. The summed E-state index contributed by atoms with van der Waals surface area (Å²) in [5, 5.41) is 12.3. The monoisotopic (exact) mass is 203 g/mol. The van der Waals surface area contributed by atoms with Crippen molar-refractivity contribution in [2.24, 2.45) is 5.41 Å². The molecule has 0 aromatic heterocycles. The van der Waals surface area contributed by atoms with Crippen molar-refractivity contribution in [3.63, 3.8) is 0 Å². The van der Waals surface area contributed by atoms with Gasteiger partial charge in [-0.1, -0.05) is 13.8 Å². The molecular formula is C11H25NO2. The summed E-state index contributed by atoms with van der Waals surface area (Å²) in [7, 11) is 0. The normalized spacial score (nSPS) is 13.3. The zero-order valence-electron chi connectivity index (χ0n) is 10.2. The molecule has 0 aliphatic heterocycles. The first kappa shape index (κ1) is 13.9. The SMILES string of the molecule is CC(C)(CO)CNCCOC(C)(C)C. The van der Waals surface area contributed by atoms with Crippen molar-refractivity contribution >= 4 is 0 Å². The van der Waals surface area contributed by atoms with Gasteiger partial charge in [-0.05, 0) is 20.8 Å². The number of aliphatic hydroxyl groups is 1. The Kier molecular flexibility index (Phi) is 5.64. The van der Waals surface area contributed by atoms with Gasteiger partial charge in [0.05, 0.1) is 12.2 Å². The number of ether oxygens (including phenoxy) is 1. The standard InChI is InChI=1S/C11H25NO2/c1-10(2,3)14-7-6-12-8-11(4,5)9-13/h12-13H,6-9H2,1-5H3. The molecule has 3 nitrogen and oxygen atoms in total. The van der Waals surface area contributed by atoms with Gasteiger partial charge >= 0.3 is 0 Å². The van der Waals surface area contributed by atoms with E-state index in [1.165, 1.54) is 0 Å². The minimum Gasteiger partial charge on any atom is -0.396 e. The third-order valence-corrected chi connectivity index (χ3v) is 1.85. The van der Waals surface area contributed by atoms with Gasteiger partial charge in [0.2, 0.25) is 0 Å². The topological polar surface area (TPSA) is 41.5 Å². The lowest BCUT2D eigenvalue weighted by molar-refractivity contribution is -0.00177. The molecule has 86 valence electrons. The fraction of sp³-hybridized carbons (Fsp3) is 1.00. The minimum absolute atomic E-state index is 0.0399. The Bertz CT molecular complexity index is 150. The van der Waals surface area contributed by atoms with E-state index >= 15 is 0 Å². The van der Waals surface area contributed by atoms with E-state index in [9.17, 15) is 0 Å². The molecule has 0 unspecified atom stereocenters. The quantitative estimate of drug-likeness (QED) is 0.641. The van der Waals surface area contributed by atoms with Crippen LogP contribution in [0.3, 0.4) is 0 Å². The number of aliphatic hydroxyl groups excluding tert-OH is 1. The summed E-state index contributed by atoms with van der Waals surface area (Å²) in [6.45, 7) is 12.8. The second-order valence-corrected chi connectivity index (χ2v) is 5.46. The Morgan fingerprint density at radius 1 is 1.14 bits per heavy atom. The van der Waals surface area contributed by atoms with Crippen LogP contribution in [-0.4, -0.2) is 37.0 Å². The zero-order valence-corrected chi connectivity index (χ0v) is 10.2. The van der Waals surface area contributed by atoms with Crippen LogP contribution in [0.2, 0.25) is 0 Å². The van der Waals surface area contributed by atoms with E-state index in [-0.39, 0.29) is 17.6 Å². The molecular weight excluding hydrogens is 178 g/mol. The first-order chi connectivity index (χ1) is 6.27. The number of hydrogen-bond acceptors (Lipinski definition) is 3. The fourth-order valence-electron chi connectivity index (χ4n) is 0.912. The molecule has 0 heterocycles. The van der Waals surface area contributed by atoms with Gasteiger partial charge in [0.25, 0.3) is 0 Å². The predicted molar refractivity (Wildman–Crippen MR) is 59.4 cm³/mol. The van der Waals surface area contributed by atoms with Gasteiger partial charge in [0.15, 0.2) is 0 Å². The smallest absolute Gasteiger partial charge is 0.0599 e. The van der Waals surface area contributed by atoms with Gasteiger partial charge in [-0.3, -0.25) is 0 Å². The highest BCUT2D eigenvalue weighted by molar-refractivity contribution is 4.69. The number of hydrogen-bond donors (Lipinski definition) is 2. The van der Waals surface area contributed by atoms with Gasteiger partial charge in [-0.15, -0.1) is 0 Å². The first-order valence-corrected chi connectivity index (χ1v) is 5.22. The van der Waals surface area contributed by atoms with E-state index in [4.69, 9.17) is 9.84 Å². The lowest BCUT2D eigenvalue weighted by atomic mass is 9.95. The van der Waals surface area contributed by atoms with Crippen molar-refractivity contribution in [3.05, 3.63) is 0 Å². The highest BCUT2D eigenvalue weighted by Gasteiger charge is 2.15. The van der Waals surface area contributed by atoms with Crippen LogP contribution in [0.5, 0.6) is 0 Å². The molecule has 0 spiro atoms. The predicted octanol–water partition coefficient (Wildman–Crippen LogP) is 1.41. The van der Waals surface area contributed by atoms with Crippen LogP contribution < -0.4 is 5.32 Å². The van der Waals surface area contributed by atoms with Crippen LogP contribution in [0.1, 0.15) is 34.6 Å². The van der Waals surface area contributed by atoms with E-state index < -0.39 is 0 Å². The van der Waals surface area contributed by atoms with Crippen molar-refractivity contribution in [3.8, 4) is 0 Å². The van der Waals surface area contributed by atoms with E-state index in [0.29, 0.717) is 6.61 Å².